The zero-order chi connectivity index (χ0) is 12.4. The lowest BCUT2D eigenvalue weighted by molar-refractivity contribution is 0.112. The molecule has 1 N–H and O–H groups in total. The highest BCUT2D eigenvalue weighted by molar-refractivity contribution is 5.87. The van der Waals surface area contributed by atoms with Gasteiger partial charge in [0, 0.05) is 11.5 Å². The molecule has 0 aliphatic carbocycles. The van der Waals surface area contributed by atoms with Crippen molar-refractivity contribution < 1.29 is 14.3 Å². The van der Waals surface area contributed by atoms with E-state index in [9.17, 15) is 9.59 Å². The number of benzene rings is 1. The molecule has 5 heteroatoms. The summed E-state index contributed by atoms with van der Waals surface area (Å²) in [6.45, 7) is 0. The minimum absolute atomic E-state index is 0.0877. The first kappa shape index (κ1) is 11.2. The van der Waals surface area contributed by atoms with Crippen molar-refractivity contribution in [2.75, 3.05) is 14.2 Å². The molecule has 2 aromatic rings. The van der Waals surface area contributed by atoms with Crippen molar-refractivity contribution in [1.82, 2.24) is 4.98 Å². The molecule has 17 heavy (non-hydrogen) atoms. The van der Waals surface area contributed by atoms with E-state index in [0.29, 0.717) is 28.7 Å². The predicted octanol–water partition coefficient (Wildman–Crippen LogP) is 1.36. The van der Waals surface area contributed by atoms with Crippen LogP contribution in [0.3, 0.4) is 0 Å². The average molecular weight is 233 g/mol. The Kier molecular flexibility index (Phi) is 2.82. The Morgan fingerprint density at radius 3 is 2.35 bits per heavy atom. The van der Waals surface area contributed by atoms with E-state index in [2.05, 4.69) is 4.98 Å². The van der Waals surface area contributed by atoms with E-state index in [-0.39, 0.29) is 5.56 Å². The van der Waals surface area contributed by atoms with E-state index < -0.39 is 5.56 Å². The van der Waals surface area contributed by atoms with Crippen molar-refractivity contribution in [3.8, 4) is 11.5 Å². The molecule has 1 aromatic carbocycles. The monoisotopic (exact) mass is 233 g/mol. The number of aldehydes is 1. The zero-order valence-electron chi connectivity index (χ0n) is 9.44. The van der Waals surface area contributed by atoms with Gasteiger partial charge in [-0.25, -0.2) is 0 Å². The van der Waals surface area contributed by atoms with Gasteiger partial charge in [-0.1, -0.05) is 0 Å². The Morgan fingerprint density at radius 1 is 1.12 bits per heavy atom. The van der Waals surface area contributed by atoms with Crippen LogP contribution in [0.1, 0.15) is 10.4 Å². The molecule has 0 saturated heterocycles. The number of carbonyl (C=O) groups excluding carboxylic acids is 1. The van der Waals surface area contributed by atoms with Crippen LogP contribution < -0.4 is 15.0 Å². The second kappa shape index (κ2) is 4.29. The molecule has 1 heterocycles. The molecule has 0 amide bonds. The number of methoxy groups -OCH3 is 2. The number of pyridine rings is 1. The number of nitrogens with one attached hydrogen (secondary N) is 1. The second-order valence-electron chi connectivity index (χ2n) is 3.47. The van der Waals surface area contributed by atoms with Crippen LogP contribution >= 0.6 is 0 Å². The van der Waals surface area contributed by atoms with Crippen molar-refractivity contribution in [3.05, 3.63) is 34.1 Å². The molecular formula is C12H11NO4. The molecule has 5 nitrogen and oxygen atoms in total. The van der Waals surface area contributed by atoms with Crippen LogP contribution in [0.2, 0.25) is 0 Å². The van der Waals surface area contributed by atoms with Gasteiger partial charge in [-0.3, -0.25) is 9.59 Å². The van der Waals surface area contributed by atoms with Gasteiger partial charge in [0.15, 0.2) is 17.8 Å². The van der Waals surface area contributed by atoms with Crippen LogP contribution in [-0.2, 0) is 0 Å². The van der Waals surface area contributed by atoms with Crippen molar-refractivity contribution in [2.24, 2.45) is 0 Å². The number of aromatic nitrogens is 1. The molecule has 0 aliphatic rings. The van der Waals surface area contributed by atoms with Crippen molar-refractivity contribution in [3.63, 3.8) is 0 Å². The zero-order valence-corrected chi connectivity index (χ0v) is 9.44. The highest BCUT2D eigenvalue weighted by atomic mass is 16.5. The van der Waals surface area contributed by atoms with Crippen LogP contribution in [0.25, 0.3) is 10.9 Å². The minimum Gasteiger partial charge on any atom is -0.493 e. The summed E-state index contributed by atoms with van der Waals surface area (Å²) < 4.78 is 10.3. The van der Waals surface area contributed by atoms with Gasteiger partial charge >= 0.3 is 0 Å². The third-order valence-corrected chi connectivity index (χ3v) is 2.50. The summed E-state index contributed by atoms with van der Waals surface area (Å²) in [6.07, 6.45) is 0.523. The van der Waals surface area contributed by atoms with Crippen LogP contribution in [-0.4, -0.2) is 25.5 Å². The standard InChI is InChI=1S/C12H11NO4/c1-16-10-4-7-3-8(6-14)12(15)13-9(7)5-11(10)17-2/h3-6H,1-2H3,(H,13,15). The molecular weight excluding hydrogens is 222 g/mol. The van der Waals surface area contributed by atoms with E-state index in [1.54, 1.807) is 12.1 Å². The quantitative estimate of drug-likeness (QED) is 0.813. The van der Waals surface area contributed by atoms with Crippen molar-refractivity contribution >= 4 is 17.2 Å². The summed E-state index contributed by atoms with van der Waals surface area (Å²) in [4.78, 5) is 24.7. The Hall–Kier alpha value is -2.30. The summed E-state index contributed by atoms with van der Waals surface area (Å²) in [5.74, 6) is 1.07. The molecule has 0 radical (unpaired) electrons. The lowest BCUT2D eigenvalue weighted by Gasteiger charge is -2.09. The third kappa shape index (κ3) is 1.87. The van der Waals surface area contributed by atoms with Gasteiger partial charge < -0.3 is 14.5 Å². The SMILES string of the molecule is COc1cc2cc(C=O)c(=O)[nH]c2cc1OC. The van der Waals surface area contributed by atoms with Gasteiger partial charge in [-0.2, -0.15) is 0 Å². The van der Waals surface area contributed by atoms with Gasteiger partial charge in [-0.05, 0) is 12.1 Å². The molecule has 0 fully saturated rings. The number of fused-ring (bicyclic) bond motifs is 1. The van der Waals surface area contributed by atoms with Gasteiger partial charge in [0.25, 0.3) is 5.56 Å². The van der Waals surface area contributed by atoms with Crippen molar-refractivity contribution in [1.29, 1.82) is 0 Å². The summed E-state index contributed by atoms with van der Waals surface area (Å²) in [5.41, 5.74) is 0.266. The molecule has 0 saturated carbocycles. The van der Waals surface area contributed by atoms with E-state index in [4.69, 9.17) is 9.47 Å². The minimum atomic E-state index is -0.417. The van der Waals surface area contributed by atoms with E-state index in [1.807, 2.05) is 0 Å². The van der Waals surface area contributed by atoms with Crippen LogP contribution in [0.4, 0.5) is 0 Å². The van der Waals surface area contributed by atoms with Gasteiger partial charge in [0.05, 0.1) is 25.3 Å². The summed E-state index contributed by atoms with van der Waals surface area (Å²) in [6, 6.07) is 4.88. The Labute approximate surface area is 97.0 Å². The van der Waals surface area contributed by atoms with Crippen molar-refractivity contribution in [2.45, 2.75) is 0 Å². The highest BCUT2D eigenvalue weighted by Gasteiger charge is 2.08. The number of H-pyrrole nitrogens is 1. The number of hydrogen-bond donors (Lipinski definition) is 1. The Morgan fingerprint density at radius 2 is 1.76 bits per heavy atom. The summed E-state index contributed by atoms with van der Waals surface area (Å²) >= 11 is 0. The van der Waals surface area contributed by atoms with E-state index in [1.165, 1.54) is 20.3 Å². The maximum Gasteiger partial charge on any atom is 0.259 e. The number of hydrogen-bond acceptors (Lipinski definition) is 4. The Balaban J connectivity index is 2.78. The number of aromatic amines is 1. The van der Waals surface area contributed by atoms with Crippen LogP contribution in [0.5, 0.6) is 11.5 Å². The van der Waals surface area contributed by atoms with E-state index in [0.717, 1.165) is 0 Å². The average Bonchev–Trinajstić information content (AvgIpc) is 2.36. The molecule has 1 aromatic heterocycles. The number of rotatable bonds is 3. The van der Waals surface area contributed by atoms with Gasteiger partial charge in [0.2, 0.25) is 0 Å². The lowest BCUT2D eigenvalue weighted by Crippen LogP contribution is -2.11. The van der Waals surface area contributed by atoms with Crippen LogP contribution in [0, 0.1) is 0 Å². The first-order chi connectivity index (χ1) is 8.19. The first-order valence-corrected chi connectivity index (χ1v) is 4.94. The fourth-order valence-electron chi connectivity index (χ4n) is 1.64. The third-order valence-electron chi connectivity index (χ3n) is 2.50. The normalized spacial score (nSPS) is 10.2. The molecule has 2 rings (SSSR count). The van der Waals surface area contributed by atoms with Crippen LogP contribution in [0.15, 0.2) is 23.0 Å². The second-order valence-corrected chi connectivity index (χ2v) is 3.47. The van der Waals surface area contributed by atoms with Gasteiger partial charge in [0.1, 0.15) is 0 Å². The smallest absolute Gasteiger partial charge is 0.259 e. The molecule has 0 spiro atoms. The van der Waals surface area contributed by atoms with E-state index >= 15 is 0 Å². The number of ether oxygens (including phenoxy) is 2. The molecule has 0 unspecified atom stereocenters. The highest BCUT2D eigenvalue weighted by Crippen LogP contribution is 2.30. The molecule has 88 valence electrons. The fourth-order valence-corrected chi connectivity index (χ4v) is 1.64. The fraction of sp³-hybridized carbons (Fsp3) is 0.167. The van der Waals surface area contributed by atoms with Gasteiger partial charge in [-0.15, -0.1) is 0 Å². The largest absolute Gasteiger partial charge is 0.493 e. The molecule has 0 aliphatic heterocycles. The maximum absolute atomic E-state index is 11.5. The topological polar surface area (TPSA) is 68.4 Å². The molecule has 0 bridgehead atoms. The maximum atomic E-state index is 11.5. The Bertz CT molecular complexity index is 630. The number of carbonyl (C=O) groups is 1. The lowest BCUT2D eigenvalue weighted by atomic mass is 10.1. The predicted molar refractivity (Wildman–Crippen MR) is 63.1 cm³/mol. The molecule has 0 atom stereocenters. The summed E-state index contributed by atoms with van der Waals surface area (Å²) in [7, 11) is 3.04. The first-order valence-electron chi connectivity index (χ1n) is 4.94. The summed E-state index contributed by atoms with van der Waals surface area (Å²) in [5, 5.41) is 0.712.